The van der Waals surface area contributed by atoms with E-state index >= 15 is 0 Å². The fourth-order valence-corrected chi connectivity index (χ4v) is 3.63. The molecule has 1 aliphatic rings. The zero-order valence-corrected chi connectivity index (χ0v) is 11.8. The van der Waals surface area contributed by atoms with Crippen LogP contribution < -0.4 is 5.32 Å². The van der Waals surface area contributed by atoms with Crippen LogP contribution in [-0.2, 0) is 10.8 Å². The van der Waals surface area contributed by atoms with Gasteiger partial charge in [0.25, 0.3) is 0 Å². The van der Waals surface area contributed by atoms with Crippen LogP contribution >= 0.6 is 11.6 Å². The first-order chi connectivity index (χ1) is 9.10. The number of aliphatic hydroxyl groups excluding tert-OH is 1. The molecule has 1 aliphatic heterocycles. The van der Waals surface area contributed by atoms with Gasteiger partial charge in [0.05, 0.1) is 18.8 Å². The molecule has 1 saturated heterocycles. The number of hydrogen-bond acceptors (Lipinski definition) is 6. The topological polar surface area (TPSA) is 95.3 Å². The number of nitrogens with one attached hydrogen (secondary N) is 1. The van der Waals surface area contributed by atoms with Gasteiger partial charge < -0.3 is 15.5 Å². The van der Waals surface area contributed by atoms with Gasteiger partial charge in [-0.3, -0.25) is 4.21 Å². The number of hydrogen-bond donors (Lipinski definition) is 3. The molecule has 0 spiro atoms. The second-order valence-corrected chi connectivity index (χ2v) is 6.53. The highest BCUT2D eigenvalue weighted by Crippen LogP contribution is 2.26. The van der Waals surface area contributed by atoms with Gasteiger partial charge in [-0.05, 0) is 30.4 Å². The van der Waals surface area contributed by atoms with Crippen molar-refractivity contribution in [1.82, 2.24) is 9.97 Å². The predicted octanol–water partition coefficient (Wildman–Crippen LogP) is 0.767. The lowest BCUT2D eigenvalue weighted by Gasteiger charge is -2.29. The fourth-order valence-electron chi connectivity index (χ4n) is 2.16. The molecule has 0 aliphatic carbocycles. The van der Waals surface area contributed by atoms with Crippen LogP contribution in [0.15, 0.2) is 6.20 Å². The van der Waals surface area contributed by atoms with Crippen LogP contribution in [0.4, 0.5) is 5.82 Å². The third kappa shape index (κ3) is 3.77. The molecule has 19 heavy (non-hydrogen) atoms. The summed E-state index contributed by atoms with van der Waals surface area (Å²) in [6.45, 7) is -0.0850. The van der Waals surface area contributed by atoms with Crippen LogP contribution in [0.25, 0.3) is 0 Å². The molecule has 8 heteroatoms. The van der Waals surface area contributed by atoms with Gasteiger partial charge in [-0.2, -0.15) is 4.98 Å². The summed E-state index contributed by atoms with van der Waals surface area (Å²) < 4.78 is 11.3. The Bertz CT molecular complexity index is 464. The Morgan fingerprint density at radius 2 is 2.21 bits per heavy atom. The van der Waals surface area contributed by atoms with E-state index in [2.05, 4.69) is 15.3 Å². The van der Waals surface area contributed by atoms with Crippen molar-refractivity contribution < 1.29 is 14.4 Å². The Balaban J connectivity index is 2.06. The Hall–Kier alpha value is -0.920. The van der Waals surface area contributed by atoms with E-state index in [1.165, 1.54) is 6.20 Å². The third-order valence-corrected chi connectivity index (χ3v) is 4.82. The summed E-state index contributed by atoms with van der Waals surface area (Å²) in [5.74, 6) is 1.61. The number of anilines is 1. The summed E-state index contributed by atoms with van der Waals surface area (Å²) in [7, 11) is -0.739. The van der Waals surface area contributed by atoms with Crippen LogP contribution in [-0.4, -0.2) is 48.5 Å². The SMILES string of the molecule is O=S1CCC(C(CO)Nc2nc(Cl)ncc2O)CC1. The Kier molecular flexibility index (Phi) is 4.95. The van der Waals surface area contributed by atoms with E-state index in [9.17, 15) is 14.4 Å². The molecule has 0 aromatic carbocycles. The number of rotatable bonds is 4. The first kappa shape index (κ1) is 14.5. The maximum Gasteiger partial charge on any atom is 0.224 e. The third-order valence-electron chi connectivity index (χ3n) is 3.26. The van der Waals surface area contributed by atoms with Crippen molar-refractivity contribution >= 4 is 28.2 Å². The maximum absolute atomic E-state index is 11.3. The Morgan fingerprint density at radius 1 is 1.53 bits per heavy atom. The Labute approximate surface area is 118 Å². The molecule has 2 heterocycles. The van der Waals surface area contributed by atoms with Crippen molar-refractivity contribution in [2.75, 3.05) is 23.4 Å². The van der Waals surface area contributed by atoms with Crippen molar-refractivity contribution in [1.29, 1.82) is 0 Å². The van der Waals surface area contributed by atoms with Crippen molar-refractivity contribution in [3.05, 3.63) is 11.5 Å². The molecule has 1 atom stereocenters. The van der Waals surface area contributed by atoms with Crippen molar-refractivity contribution in [2.24, 2.45) is 5.92 Å². The molecule has 0 amide bonds. The molecular weight excluding hydrogens is 290 g/mol. The minimum atomic E-state index is -0.739. The predicted molar refractivity (Wildman–Crippen MR) is 73.8 cm³/mol. The lowest BCUT2D eigenvalue weighted by molar-refractivity contribution is 0.230. The first-order valence-corrected chi connectivity index (χ1v) is 7.90. The highest BCUT2D eigenvalue weighted by Gasteiger charge is 2.26. The average Bonchev–Trinajstić information content (AvgIpc) is 2.41. The molecule has 1 aromatic heterocycles. The van der Waals surface area contributed by atoms with E-state index in [-0.39, 0.29) is 35.4 Å². The number of halogens is 1. The summed E-state index contributed by atoms with van der Waals surface area (Å²) in [6.07, 6.45) is 2.77. The van der Waals surface area contributed by atoms with Crippen LogP contribution in [0, 0.1) is 5.92 Å². The molecule has 0 bridgehead atoms. The zero-order valence-electron chi connectivity index (χ0n) is 10.3. The fraction of sp³-hybridized carbons (Fsp3) is 0.636. The van der Waals surface area contributed by atoms with E-state index in [4.69, 9.17) is 11.6 Å². The summed E-state index contributed by atoms with van der Waals surface area (Å²) >= 11 is 5.67. The average molecular weight is 306 g/mol. The molecule has 0 radical (unpaired) electrons. The monoisotopic (exact) mass is 305 g/mol. The minimum absolute atomic E-state index is 0.0294. The summed E-state index contributed by atoms with van der Waals surface area (Å²) in [5.41, 5.74) is 0. The van der Waals surface area contributed by atoms with Crippen molar-refractivity contribution in [2.45, 2.75) is 18.9 Å². The molecule has 106 valence electrons. The smallest absolute Gasteiger partial charge is 0.224 e. The molecule has 3 N–H and O–H groups in total. The Morgan fingerprint density at radius 3 is 2.84 bits per heavy atom. The lowest BCUT2D eigenvalue weighted by Crippen LogP contribution is -2.37. The van der Waals surface area contributed by atoms with Gasteiger partial charge >= 0.3 is 0 Å². The van der Waals surface area contributed by atoms with Gasteiger partial charge in [0.1, 0.15) is 0 Å². The molecule has 0 saturated carbocycles. The second kappa shape index (κ2) is 6.49. The van der Waals surface area contributed by atoms with Gasteiger partial charge in [-0.15, -0.1) is 0 Å². The lowest BCUT2D eigenvalue weighted by atomic mass is 9.94. The van der Waals surface area contributed by atoms with E-state index in [1.54, 1.807) is 0 Å². The molecule has 1 unspecified atom stereocenters. The largest absolute Gasteiger partial charge is 0.503 e. The highest BCUT2D eigenvalue weighted by atomic mass is 35.5. The number of aliphatic hydroxyl groups is 1. The minimum Gasteiger partial charge on any atom is -0.503 e. The molecular formula is C11H16ClN3O3S. The summed E-state index contributed by atoms with van der Waals surface area (Å²) in [5, 5.41) is 22.1. The van der Waals surface area contributed by atoms with Crippen LogP contribution in [0.3, 0.4) is 0 Å². The van der Waals surface area contributed by atoms with Gasteiger partial charge in [0.2, 0.25) is 5.28 Å². The number of aromatic nitrogens is 2. The van der Waals surface area contributed by atoms with Gasteiger partial charge in [-0.25, -0.2) is 4.98 Å². The molecule has 1 fully saturated rings. The standard InChI is InChI=1S/C11H16ClN3O3S/c12-11-13-5-9(17)10(15-11)14-8(6-16)7-1-3-19(18)4-2-7/h5,7-8,16-17H,1-4,6H2,(H,13,14,15). The van der Waals surface area contributed by atoms with Gasteiger partial charge in [0.15, 0.2) is 11.6 Å². The normalized spacial score (nSPS) is 24.9. The molecule has 2 rings (SSSR count). The summed E-state index contributed by atoms with van der Waals surface area (Å²) in [4.78, 5) is 7.55. The molecule has 1 aromatic rings. The van der Waals surface area contributed by atoms with Crippen molar-refractivity contribution in [3.8, 4) is 5.75 Å². The van der Waals surface area contributed by atoms with Gasteiger partial charge in [-0.1, -0.05) is 0 Å². The van der Waals surface area contributed by atoms with Crippen LogP contribution in [0.2, 0.25) is 5.28 Å². The summed E-state index contributed by atoms with van der Waals surface area (Å²) in [6, 6.07) is -0.242. The first-order valence-electron chi connectivity index (χ1n) is 6.04. The van der Waals surface area contributed by atoms with E-state index < -0.39 is 10.8 Å². The van der Waals surface area contributed by atoms with E-state index in [0.717, 1.165) is 12.8 Å². The van der Waals surface area contributed by atoms with Gasteiger partial charge in [0, 0.05) is 22.3 Å². The second-order valence-electron chi connectivity index (χ2n) is 4.49. The van der Waals surface area contributed by atoms with Crippen LogP contribution in [0.1, 0.15) is 12.8 Å². The van der Waals surface area contributed by atoms with Crippen LogP contribution in [0.5, 0.6) is 5.75 Å². The quantitative estimate of drug-likeness (QED) is 0.711. The van der Waals surface area contributed by atoms with E-state index in [1.807, 2.05) is 0 Å². The number of nitrogens with zero attached hydrogens (tertiary/aromatic N) is 2. The van der Waals surface area contributed by atoms with E-state index in [0.29, 0.717) is 11.5 Å². The number of aromatic hydroxyl groups is 1. The molecule has 6 nitrogen and oxygen atoms in total. The zero-order chi connectivity index (χ0) is 13.8. The van der Waals surface area contributed by atoms with Crippen molar-refractivity contribution in [3.63, 3.8) is 0 Å². The highest BCUT2D eigenvalue weighted by molar-refractivity contribution is 7.85. The maximum atomic E-state index is 11.3.